The zero-order valence-electron chi connectivity index (χ0n) is 10.5. The van der Waals surface area contributed by atoms with Crippen LogP contribution in [0.3, 0.4) is 0 Å². The van der Waals surface area contributed by atoms with Gasteiger partial charge in [0.05, 0.1) is 11.4 Å². The molecule has 0 radical (unpaired) electrons. The third-order valence-corrected chi connectivity index (χ3v) is 5.62. The Morgan fingerprint density at radius 3 is 2.42 bits per heavy atom. The van der Waals surface area contributed by atoms with Crippen molar-refractivity contribution in [2.45, 2.75) is 23.1 Å². The third kappa shape index (κ3) is 3.59. The van der Waals surface area contributed by atoms with Crippen molar-refractivity contribution < 1.29 is 8.42 Å². The summed E-state index contributed by atoms with van der Waals surface area (Å²) in [6.45, 7) is 0.672. The molecule has 1 aromatic rings. The summed E-state index contributed by atoms with van der Waals surface area (Å²) in [6, 6.07) is 6.91. The van der Waals surface area contributed by atoms with Crippen molar-refractivity contribution >= 4 is 26.0 Å². The van der Waals surface area contributed by atoms with Crippen LogP contribution in [0.1, 0.15) is 18.4 Å². The minimum atomic E-state index is -3.47. The molecule has 0 N–H and O–H groups in total. The lowest BCUT2D eigenvalue weighted by atomic mass is 10.2. The number of halogens is 1. The van der Waals surface area contributed by atoms with E-state index in [1.54, 1.807) is 12.1 Å². The highest BCUT2D eigenvalue weighted by Gasteiger charge is 2.31. The molecule has 0 saturated heterocycles. The van der Waals surface area contributed by atoms with Gasteiger partial charge in [0.15, 0.2) is 0 Å². The minimum Gasteiger partial charge on any atom is -0.207 e. The van der Waals surface area contributed by atoms with Gasteiger partial charge in [-0.2, -0.15) is 4.31 Å². The van der Waals surface area contributed by atoms with Gasteiger partial charge in [-0.3, -0.25) is 0 Å². The zero-order chi connectivity index (χ0) is 13.9. The topological polar surface area (TPSA) is 37.4 Å². The van der Waals surface area contributed by atoms with Crippen molar-refractivity contribution in [2.75, 3.05) is 13.1 Å². The number of nitrogens with zero attached hydrogens (tertiary/aromatic N) is 1. The van der Waals surface area contributed by atoms with Crippen molar-refractivity contribution in [3.63, 3.8) is 0 Å². The van der Waals surface area contributed by atoms with Gasteiger partial charge in [0, 0.05) is 11.9 Å². The summed E-state index contributed by atoms with van der Waals surface area (Å²) in [5, 5.41) is 0.712. The van der Waals surface area contributed by atoms with E-state index in [4.69, 9.17) is 6.42 Å². The van der Waals surface area contributed by atoms with Crippen molar-refractivity contribution in [3.05, 3.63) is 29.8 Å². The van der Waals surface area contributed by atoms with Crippen LogP contribution < -0.4 is 0 Å². The van der Waals surface area contributed by atoms with Crippen LogP contribution in [0.4, 0.5) is 0 Å². The quantitative estimate of drug-likeness (QED) is 0.589. The predicted octanol–water partition coefficient (Wildman–Crippen LogP) is 2.62. The Kier molecular flexibility index (Phi) is 4.67. The van der Waals surface area contributed by atoms with Crippen LogP contribution in [0.5, 0.6) is 0 Å². The van der Waals surface area contributed by atoms with Crippen LogP contribution in [0, 0.1) is 18.3 Å². The molecule has 0 unspecified atom stereocenters. The second-order valence-electron chi connectivity index (χ2n) is 4.72. The average molecular weight is 342 g/mol. The minimum absolute atomic E-state index is 0.138. The molecule has 1 aliphatic rings. The Morgan fingerprint density at radius 2 is 1.95 bits per heavy atom. The van der Waals surface area contributed by atoms with Crippen LogP contribution in [-0.2, 0) is 15.4 Å². The van der Waals surface area contributed by atoms with Crippen molar-refractivity contribution in [1.82, 2.24) is 4.31 Å². The molecule has 5 heteroatoms. The van der Waals surface area contributed by atoms with E-state index in [9.17, 15) is 8.42 Å². The fourth-order valence-electron chi connectivity index (χ4n) is 1.84. The molecule has 1 saturated carbocycles. The molecule has 1 fully saturated rings. The summed E-state index contributed by atoms with van der Waals surface area (Å²) in [5.41, 5.74) is 1.05. The number of benzene rings is 1. The van der Waals surface area contributed by atoms with E-state index in [1.165, 1.54) is 4.31 Å². The molecule has 0 bridgehead atoms. The summed E-state index contributed by atoms with van der Waals surface area (Å²) in [5.74, 6) is 2.92. The molecule has 2 rings (SSSR count). The molecular formula is C14H16BrNO2S. The van der Waals surface area contributed by atoms with Crippen LogP contribution >= 0.6 is 15.9 Å². The summed E-state index contributed by atoms with van der Waals surface area (Å²) < 4.78 is 26.4. The SMILES string of the molecule is C#CCN(CC1CC1)S(=O)(=O)c1ccc(CBr)cc1. The van der Waals surface area contributed by atoms with Gasteiger partial charge in [-0.15, -0.1) is 6.42 Å². The van der Waals surface area contributed by atoms with Gasteiger partial charge in [0.2, 0.25) is 10.0 Å². The summed E-state index contributed by atoms with van der Waals surface area (Å²) in [6.07, 6.45) is 7.48. The van der Waals surface area contributed by atoms with Gasteiger partial charge in [-0.25, -0.2) is 8.42 Å². The van der Waals surface area contributed by atoms with E-state index >= 15 is 0 Å². The molecule has 102 valence electrons. The maximum absolute atomic E-state index is 12.5. The van der Waals surface area contributed by atoms with Gasteiger partial charge in [-0.05, 0) is 36.5 Å². The number of alkyl halides is 1. The normalized spacial score (nSPS) is 15.4. The fraction of sp³-hybridized carbons (Fsp3) is 0.429. The highest BCUT2D eigenvalue weighted by molar-refractivity contribution is 9.08. The Labute approximate surface area is 123 Å². The van der Waals surface area contributed by atoms with Crippen LogP contribution in [-0.4, -0.2) is 25.8 Å². The molecule has 1 aromatic carbocycles. The summed E-state index contributed by atoms with van der Waals surface area (Å²) in [4.78, 5) is 0.313. The predicted molar refractivity (Wildman–Crippen MR) is 79.4 cm³/mol. The van der Waals surface area contributed by atoms with Crippen LogP contribution in [0.15, 0.2) is 29.2 Å². The first kappa shape index (κ1) is 14.6. The number of rotatable bonds is 6. The molecule has 3 nitrogen and oxygen atoms in total. The Balaban J connectivity index is 2.23. The van der Waals surface area contributed by atoms with Crippen LogP contribution in [0.2, 0.25) is 0 Å². The number of hydrogen-bond acceptors (Lipinski definition) is 2. The molecule has 1 aliphatic carbocycles. The lowest BCUT2D eigenvalue weighted by molar-refractivity contribution is 0.430. The molecule has 19 heavy (non-hydrogen) atoms. The number of sulfonamides is 1. The molecule has 0 heterocycles. The molecule has 0 atom stereocenters. The number of terminal acetylenes is 1. The van der Waals surface area contributed by atoms with Gasteiger partial charge < -0.3 is 0 Å². The van der Waals surface area contributed by atoms with E-state index in [-0.39, 0.29) is 6.54 Å². The van der Waals surface area contributed by atoms with Gasteiger partial charge in [0.25, 0.3) is 0 Å². The second-order valence-corrected chi connectivity index (χ2v) is 7.22. The largest absolute Gasteiger partial charge is 0.243 e. The first-order valence-corrected chi connectivity index (χ1v) is 8.72. The van der Waals surface area contributed by atoms with Gasteiger partial charge in [-0.1, -0.05) is 34.0 Å². The van der Waals surface area contributed by atoms with E-state index < -0.39 is 10.0 Å². The molecule has 0 aromatic heterocycles. The molecule has 0 amide bonds. The van der Waals surface area contributed by atoms with E-state index in [0.29, 0.717) is 22.7 Å². The summed E-state index contributed by atoms with van der Waals surface area (Å²) in [7, 11) is -3.47. The van der Waals surface area contributed by atoms with E-state index in [2.05, 4.69) is 21.9 Å². The van der Waals surface area contributed by atoms with Crippen molar-refractivity contribution in [3.8, 4) is 12.3 Å². The maximum Gasteiger partial charge on any atom is 0.243 e. The third-order valence-electron chi connectivity index (χ3n) is 3.14. The van der Waals surface area contributed by atoms with E-state index in [1.807, 2.05) is 12.1 Å². The first-order valence-electron chi connectivity index (χ1n) is 6.16. The lowest BCUT2D eigenvalue weighted by Gasteiger charge is -2.19. The molecule has 0 spiro atoms. The molecule has 0 aliphatic heterocycles. The summed E-state index contributed by atoms with van der Waals surface area (Å²) >= 11 is 3.34. The van der Waals surface area contributed by atoms with E-state index in [0.717, 1.165) is 18.4 Å². The molecular weight excluding hydrogens is 326 g/mol. The monoisotopic (exact) mass is 341 g/mol. The highest BCUT2D eigenvalue weighted by Crippen LogP contribution is 2.31. The fourth-order valence-corrected chi connectivity index (χ4v) is 3.64. The standard InChI is InChI=1S/C14H16BrNO2S/c1-2-9-16(11-13-3-4-13)19(17,18)14-7-5-12(10-15)6-8-14/h1,5-8,13H,3-4,9-11H2. The Hall–Kier alpha value is -0.830. The lowest BCUT2D eigenvalue weighted by Crippen LogP contribution is -2.33. The Bertz CT molecular complexity index is 570. The zero-order valence-corrected chi connectivity index (χ0v) is 13.0. The van der Waals surface area contributed by atoms with Crippen LogP contribution in [0.25, 0.3) is 0 Å². The van der Waals surface area contributed by atoms with Gasteiger partial charge >= 0.3 is 0 Å². The highest BCUT2D eigenvalue weighted by atomic mass is 79.9. The maximum atomic E-state index is 12.5. The Morgan fingerprint density at radius 1 is 1.32 bits per heavy atom. The van der Waals surface area contributed by atoms with Crippen molar-refractivity contribution in [2.24, 2.45) is 5.92 Å². The van der Waals surface area contributed by atoms with Gasteiger partial charge in [0.1, 0.15) is 0 Å². The smallest absolute Gasteiger partial charge is 0.207 e. The second kappa shape index (κ2) is 6.08. The average Bonchev–Trinajstić information content (AvgIpc) is 3.22. The number of hydrogen-bond donors (Lipinski definition) is 0. The first-order chi connectivity index (χ1) is 9.07. The van der Waals surface area contributed by atoms with Crippen molar-refractivity contribution in [1.29, 1.82) is 0 Å².